The van der Waals surface area contributed by atoms with Gasteiger partial charge in [-0.25, -0.2) is 9.59 Å². The highest BCUT2D eigenvalue weighted by molar-refractivity contribution is 7.88. The number of halogens is 3. The molecule has 1 fully saturated rings. The molecule has 2 N–H and O–H groups in total. The number of rotatable bonds is 3. The van der Waals surface area contributed by atoms with Crippen LogP contribution in [0.5, 0.6) is 5.75 Å². The van der Waals surface area contributed by atoms with Crippen LogP contribution in [0.1, 0.15) is 23.2 Å². The van der Waals surface area contributed by atoms with Gasteiger partial charge in [0.05, 0.1) is 6.54 Å². The molecular formula is C12H9F3N2O7S. The molecule has 2 heterocycles. The molecular weight excluding hydrogens is 373 g/mol. The Morgan fingerprint density at radius 1 is 1.32 bits per heavy atom. The van der Waals surface area contributed by atoms with Crippen LogP contribution in [-0.2, 0) is 14.9 Å². The first kappa shape index (κ1) is 17.3. The molecule has 1 aromatic carbocycles. The highest BCUT2D eigenvalue weighted by Crippen LogP contribution is 2.47. The number of benzene rings is 1. The smallest absolute Gasteiger partial charge is 0.479 e. The lowest BCUT2D eigenvalue weighted by atomic mass is 9.90. The van der Waals surface area contributed by atoms with Crippen molar-refractivity contribution in [2.45, 2.75) is 17.6 Å². The van der Waals surface area contributed by atoms with Gasteiger partial charge in [0, 0.05) is 5.56 Å². The average Bonchev–Trinajstić information content (AvgIpc) is 2.72. The summed E-state index contributed by atoms with van der Waals surface area (Å²) in [4.78, 5) is 24.2. The molecule has 2 atom stereocenters. The maximum Gasteiger partial charge on any atom is 0.534 e. The Morgan fingerprint density at radius 3 is 2.52 bits per heavy atom. The first-order chi connectivity index (χ1) is 11.5. The van der Waals surface area contributed by atoms with Gasteiger partial charge in [0.1, 0.15) is 11.8 Å². The summed E-state index contributed by atoms with van der Waals surface area (Å²) in [5, 5.41) is 19.3. The van der Waals surface area contributed by atoms with Gasteiger partial charge in [-0.1, -0.05) is 12.1 Å². The number of hydrogen-bond acceptors (Lipinski definition) is 6. The van der Waals surface area contributed by atoms with Crippen LogP contribution >= 0.6 is 0 Å². The molecule has 2 bridgehead atoms. The van der Waals surface area contributed by atoms with E-state index < -0.39 is 45.5 Å². The number of alkyl halides is 3. The fourth-order valence-electron chi connectivity index (χ4n) is 2.86. The van der Waals surface area contributed by atoms with Gasteiger partial charge in [-0.15, -0.1) is 0 Å². The summed E-state index contributed by atoms with van der Waals surface area (Å²) in [7, 11) is -6.02. The Labute approximate surface area is 137 Å². The third kappa shape index (κ3) is 2.46. The van der Waals surface area contributed by atoms with Gasteiger partial charge in [-0.05, 0) is 11.6 Å². The second kappa shape index (κ2) is 5.23. The topological polar surface area (TPSA) is 124 Å². The van der Waals surface area contributed by atoms with Crippen LogP contribution in [0.25, 0.3) is 0 Å². The van der Waals surface area contributed by atoms with Crippen molar-refractivity contribution >= 4 is 22.1 Å². The van der Waals surface area contributed by atoms with Gasteiger partial charge in [-0.3, -0.25) is 5.21 Å². The minimum Gasteiger partial charge on any atom is -0.479 e. The molecule has 9 nitrogen and oxygen atoms in total. The lowest BCUT2D eigenvalue weighted by Crippen LogP contribution is -2.38. The molecule has 0 unspecified atom stereocenters. The minimum atomic E-state index is -6.02. The standard InChI is InChI=1S/C12H9F3N2O7S/c13-12(14,15)25(22,23)24-7-3-1-2-5-8(7)6-4-16(9(5)10(18)19)11(20)17(6)21/h1-3,6,9,21H,4H2,(H,18,19)/t6-,9+/m0/s1. The van der Waals surface area contributed by atoms with Crippen LogP contribution in [0.4, 0.5) is 18.0 Å². The van der Waals surface area contributed by atoms with E-state index in [1.165, 1.54) is 6.07 Å². The second-order valence-electron chi connectivity index (χ2n) is 5.28. The number of urea groups is 1. The summed E-state index contributed by atoms with van der Waals surface area (Å²) in [6.07, 6.45) is 0. The molecule has 2 aliphatic rings. The van der Waals surface area contributed by atoms with Crippen LogP contribution in [0, 0.1) is 0 Å². The average molecular weight is 382 g/mol. The molecule has 136 valence electrons. The summed E-state index contributed by atoms with van der Waals surface area (Å²) in [5.74, 6) is -2.31. The molecule has 0 aromatic heterocycles. The number of carbonyl (C=O) groups is 2. The Morgan fingerprint density at radius 2 is 1.96 bits per heavy atom. The van der Waals surface area contributed by atoms with Gasteiger partial charge >= 0.3 is 27.6 Å². The maximum atomic E-state index is 12.6. The number of carboxylic acid groups (broad SMARTS) is 1. The van der Waals surface area contributed by atoms with Gasteiger partial charge in [-0.2, -0.15) is 26.7 Å². The predicted molar refractivity (Wildman–Crippen MR) is 70.9 cm³/mol. The molecule has 0 aliphatic carbocycles. The number of aliphatic carboxylic acids is 1. The van der Waals surface area contributed by atoms with Crippen molar-refractivity contribution < 1.29 is 45.7 Å². The first-order valence-electron chi connectivity index (χ1n) is 6.61. The van der Waals surface area contributed by atoms with Gasteiger partial charge < -0.3 is 14.2 Å². The Balaban J connectivity index is 2.17. The van der Waals surface area contributed by atoms with E-state index >= 15 is 0 Å². The molecule has 1 saturated heterocycles. The van der Waals surface area contributed by atoms with E-state index in [4.69, 9.17) is 0 Å². The van der Waals surface area contributed by atoms with Crippen molar-refractivity contribution in [2.75, 3.05) is 6.54 Å². The zero-order chi connectivity index (χ0) is 18.7. The van der Waals surface area contributed by atoms with Crippen LogP contribution in [0.15, 0.2) is 18.2 Å². The van der Waals surface area contributed by atoms with E-state index in [-0.39, 0.29) is 22.7 Å². The van der Waals surface area contributed by atoms with Crippen molar-refractivity contribution in [3.8, 4) is 5.75 Å². The Bertz CT molecular complexity index is 870. The quantitative estimate of drug-likeness (QED) is 0.458. The van der Waals surface area contributed by atoms with Crippen molar-refractivity contribution in [1.82, 2.24) is 9.96 Å². The third-order valence-corrected chi connectivity index (χ3v) is 4.83. The summed E-state index contributed by atoms with van der Waals surface area (Å²) >= 11 is 0. The molecule has 0 spiro atoms. The fourth-order valence-corrected chi connectivity index (χ4v) is 3.34. The molecule has 2 amide bonds. The van der Waals surface area contributed by atoms with Gasteiger partial charge in [0.25, 0.3) is 0 Å². The Kier molecular flexibility index (Phi) is 3.61. The van der Waals surface area contributed by atoms with E-state index in [9.17, 15) is 41.5 Å². The molecule has 25 heavy (non-hydrogen) atoms. The summed E-state index contributed by atoms with van der Waals surface area (Å²) < 4.78 is 64.3. The van der Waals surface area contributed by atoms with Crippen molar-refractivity contribution in [3.63, 3.8) is 0 Å². The fraction of sp³-hybridized carbons (Fsp3) is 0.333. The summed E-state index contributed by atoms with van der Waals surface area (Å²) in [5.41, 5.74) is -6.16. The van der Waals surface area contributed by atoms with Crippen molar-refractivity contribution in [3.05, 3.63) is 29.3 Å². The number of carbonyl (C=O) groups excluding carboxylic acids is 1. The highest BCUT2D eigenvalue weighted by atomic mass is 32.2. The van der Waals surface area contributed by atoms with E-state index in [0.29, 0.717) is 0 Å². The van der Waals surface area contributed by atoms with E-state index in [1.807, 2.05) is 0 Å². The number of hydroxylamine groups is 2. The molecule has 0 saturated carbocycles. The van der Waals surface area contributed by atoms with E-state index in [2.05, 4.69) is 4.18 Å². The zero-order valence-electron chi connectivity index (χ0n) is 12.0. The molecule has 3 rings (SSSR count). The maximum absolute atomic E-state index is 12.6. The van der Waals surface area contributed by atoms with Crippen LogP contribution in [0.3, 0.4) is 0 Å². The van der Waals surface area contributed by atoms with Crippen LogP contribution in [-0.4, -0.2) is 52.7 Å². The summed E-state index contributed by atoms with van der Waals surface area (Å²) in [6, 6.07) is -0.766. The van der Waals surface area contributed by atoms with Gasteiger partial charge in [0.15, 0.2) is 6.04 Å². The normalized spacial score (nSPS) is 22.8. The molecule has 2 aliphatic heterocycles. The summed E-state index contributed by atoms with van der Waals surface area (Å²) in [6.45, 7) is -0.355. The third-order valence-electron chi connectivity index (χ3n) is 3.86. The first-order valence-corrected chi connectivity index (χ1v) is 8.01. The molecule has 0 radical (unpaired) electrons. The number of hydrogen-bond donors (Lipinski definition) is 2. The highest BCUT2D eigenvalue weighted by Gasteiger charge is 2.53. The monoisotopic (exact) mass is 382 g/mol. The minimum absolute atomic E-state index is 0.134. The van der Waals surface area contributed by atoms with Gasteiger partial charge in [0.2, 0.25) is 0 Å². The molecule has 13 heteroatoms. The lowest BCUT2D eigenvalue weighted by Gasteiger charge is -2.30. The predicted octanol–water partition coefficient (Wildman–Crippen LogP) is 1.22. The number of amides is 2. The largest absolute Gasteiger partial charge is 0.534 e. The van der Waals surface area contributed by atoms with Crippen LogP contribution in [0.2, 0.25) is 0 Å². The lowest BCUT2D eigenvalue weighted by molar-refractivity contribution is -0.142. The molecule has 1 aromatic rings. The zero-order valence-corrected chi connectivity index (χ0v) is 12.8. The SMILES string of the molecule is O=C(O)[C@H]1c2cccc(OS(=O)(=O)C(F)(F)F)c2[C@@H]2CN1C(=O)N2O. The second-order valence-corrected chi connectivity index (χ2v) is 6.82. The van der Waals surface area contributed by atoms with Crippen molar-refractivity contribution in [2.24, 2.45) is 0 Å². The van der Waals surface area contributed by atoms with E-state index in [0.717, 1.165) is 17.0 Å². The number of nitrogens with zero attached hydrogens (tertiary/aromatic N) is 2. The Hall–Kier alpha value is -2.54. The van der Waals surface area contributed by atoms with Crippen LogP contribution < -0.4 is 4.18 Å². The number of carboxylic acids is 1. The van der Waals surface area contributed by atoms with E-state index in [1.54, 1.807) is 0 Å². The number of fused-ring (bicyclic) bond motifs is 4. The van der Waals surface area contributed by atoms with Crippen molar-refractivity contribution in [1.29, 1.82) is 0 Å².